The molecule has 0 saturated carbocycles. The van der Waals surface area contributed by atoms with Crippen molar-refractivity contribution in [1.82, 2.24) is 4.98 Å². The van der Waals surface area contributed by atoms with Crippen molar-refractivity contribution >= 4 is 23.2 Å². The molecule has 0 aliphatic carbocycles. The van der Waals surface area contributed by atoms with E-state index in [1.54, 1.807) is 18.3 Å². The number of anilines is 1. The first-order valence-electron chi connectivity index (χ1n) is 7.47. The highest BCUT2D eigenvalue weighted by molar-refractivity contribution is 6.32. The van der Waals surface area contributed by atoms with Crippen LogP contribution in [-0.2, 0) is 11.2 Å². The van der Waals surface area contributed by atoms with Crippen LogP contribution in [0.1, 0.15) is 37.8 Å². The quantitative estimate of drug-likeness (QED) is 0.814. The van der Waals surface area contributed by atoms with Gasteiger partial charge >= 0.3 is 0 Å². The first kappa shape index (κ1) is 16.5. The van der Waals surface area contributed by atoms with Crippen LogP contribution in [-0.4, -0.2) is 10.9 Å². The van der Waals surface area contributed by atoms with E-state index in [-0.39, 0.29) is 11.8 Å². The van der Waals surface area contributed by atoms with Crippen molar-refractivity contribution in [3.05, 3.63) is 58.9 Å². The summed E-state index contributed by atoms with van der Waals surface area (Å²) in [5, 5.41) is 3.12. The zero-order chi connectivity index (χ0) is 16.1. The molecule has 1 aromatic heterocycles. The average Bonchev–Trinajstić information content (AvgIpc) is 2.49. The molecule has 2 aromatic rings. The maximum atomic E-state index is 12.3. The molecule has 4 heteroatoms. The lowest BCUT2D eigenvalue weighted by Gasteiger charge is -2.14. The van der Waals surface area contributed by atoms with Crippen molar-refractivity contribution in [3.8, 4) is 0 Å². The Morgan fingerprint density at radius 1 is 1.18 bits per heavy atom. The Morgan fingerprint density at radius 3 is 2.45 bits per heavy atom. The summed E-state index contributed by atoms with van der Waals surface area (Å²) in [4.78, 5) is 16.3. The first-order chi connectivity index (χ1) is 10.5. The second kappa shape index (κ2) is 7.41. The molecule has 0 unspecified atom stereocenters. The summed E-state index contributed by atoms with van der Waals surface area (Å²) >= 11 is 5.96. The van der Waals surface area contributed by atoms with Crippen molar-refractivity contribution in [3.63, 3.8) is 0 Å². The van der Waals surface area contributed by atoms with Gasteiger partial charge in [0, 0.05) is 6.20 Å². The molecule has 2 rings (SSSR count). The van der Waals surface area contributed by atoms with Crippen molar-refractivity contribution in [2.45, 2.75) is 33.1 Å². The third kappa shape index (κ3) is 4.31. The van der Waals surface area contributed by atoms with E-state index in [0.717, 1.165) is 12.0 Å². The normalized spacial score (nSPS) is 12.2. The summed E-state index contributed by atoms with van der Waals surface area (Å²) < 4.78 is 0. The number of nitrogens with zero attached hydrogens (tertiary/aromatic N) is 1. The predicted octanol–water partition coefficient (Wildman–Crippen LogP) is 4.68. The Bertz CT molecular complexity index is 638. The molecule has 0 saturated heterocycles. The SMILES string of the molecule is CC(C)Cc1ccc([C@@H](C)C(=O)Nc2cccnc2Cl)cc1. The summed E-state index contributed by atoms with van der Waals surface area (Å²) in [5.41, 5.74) is 2.82. The first-order valence-corrected chi connectivity index (χ1v) is 7.85. The topological polar surface area (TPSA) is 42.0 Å². The van der Waals surface area contributed by atoms with Crippen LogP contribution in [0, 0.1) is 5.92 Å². The van der Waals surface area contributed by atoms with Gasteiger partial charge < -0.3 is 5.32 Å². The van der Waals surface area contributed by atoms with Crippen LogP contribution >= 0.6 is 11.6 Å². The smallest absolute Gasteiger partial charge is 0.231 e. The van der Waals surface area contributed by atoms with Crippen molar-refractivity contribution in [2.75, 3.05) is 5.32 Å². The van der Waals surface area contributed by atoms with Crippen LogP contribution in [0.2, 0.25) is 5.15 Å². The molecule has 0 spiro atoms. The van der Waals surface area contributed by atoms with Crippen molar-refractivity contribution in [1.29, 1.82) is 0 Å². The Hall–Kier alpha value is -1.87. The van der Waals surface area contributed by atoms with E-state index in [0.29, 0.717) is 16.8 Å². The van der Waals surface area contributed by atoms with Gasteiger partial charge in [0.2, 0.25) is 5.91 Å². The van der Waals surface area contributed by atoms with Gasteiger partial charge in [0.15, 0.2) is 5.15 Å². The number of halogens is 1. The van der Waals surface area contributed by atoms with Gasteiger partial charge in [-0.2, -0.15) is 0 Å². The number of carbonyl (C=O) groups is 1. The summed E-state index contributed by atoms with van der Waals surface area (Å²) in [7, 11) is 0. The lowest BCUT2D eigenvalue weighted by Crippen LogP contribution is -2.19. The molecule has 1 N–H and O–H groups in total. The molecular weight excluding hydrogens is 296 g/mol. The van der Waals surface area contributed by atoms with E-state index in [9.17, 15) is 4.79 Å². The number of aromatic nitrogens is 1. The second-order valence-corrected chi connectivity index (χ2v) is 6.25. The predicted molar refractivity (Wildman–Crippen MR) is 91.3 cm³/mol. The van der Waals surface area contributed by atoms with Gasteiger partial charge in [-0.05, 0) is 42.5 Å². The zero-order valence-corrected chi connectivity index (χ0v) is 13.9. The van der Waals surface area contributed by atoms with Gasteiger partial charge in [-0.3, -0.25) is 4.79 Å². The molecule has 3 nitrogen and oxygen atoms in total. The lowest BCUT2D eigenvalue weighted by molar-refractivity contribution is -0.117. The van der Waals surface area contributed by atoms with Gasteiger partial charge in [-0.15, -0.1) is 0 Å². The van der Waals surface area contributed by atoms with Crippen LogP contribution in [0.3, 0.4) is 0 Å². The highest BCUT2D eigenvalue weighted by Crippen LogP contribution is 2.22. The van der Waals surface area contributed by atoms with Crippen molar-refractivity contribution < 1.29 is 4.79 Å². The number of amides is 1. The van der Waals surface area contributed by atoms with E-state index in [4.69, 9.17) is 11.6 Å². The molecule has 1 atom stereocenters. The highest BCUT2D eigenvalue weighted by Gasteiger charge is 2.16. The molecule has 0 aliphatic heterocycles. The number of hydrogen-bond acceptors (Lipinski definition) is 2. The van der Waals surface area contributed by atoms with E-state index in [2.05, 4.69) is 36.3 Å². The number of carbonyl (C=O) groups excluding carboxylic acids is 1. The van der Waals surface area contributed by atoms with Crippen LogP contribution in [0.4, 0.5) is 5.69 Å². The third-order valence-electron chi connectivity index (χ3n) is 3.53. The standard InChI is InChI=1S/C18H21ClN2O/c1-12(2)11-14-6-8-15(9-7-14)13(3)18(22)21-16-5-4-10-20-17(16)19/h4-10,12-13H,11H2,1-3H3,(H,21,22)/t13-/m1/s1. The minimum absolute atomic E-state index is 0.0912. The van der Waals surface area contributed by atoms with Gasteiger partial charge in [-0.1, -0.05) is 49.7 Å². The van der Waals surface area contributed by atoms with Gasteiger partial charge in [0.25, 0.3) is 0 Å². The second-order valence-electron chi connectivity index (χ2n) is 5.89. The Labute approximate surface area is 136 Å². The van der Waals surface area contributed by atoms with Crippen LogP contribution < -0.4 is 5.32 Å². The van der Waals surface area contributed by atoms with Crippen LogP contribution in [0.15, 0.2) is 42.6 Å². The third-order valence-corrected chi connectivity index (χ3v) is 3.84. The number of hydrogen-bond donors (Lipinski definition) is 1. The molecule has 0 aliphatic rings. The Morgan fingerprint density at radius 2 is 1.86 bits per heavy atom. The minimum atomic E-state index is -0.246. The van der Waals surface area contributed by atoms with E-state index in [1.165, 1.54) is 5.56 Å². The van der Waals surface area contributed by atoms with E-state index >= 15 is 0 Å². The summed E-state index contributed by atoms with van der Waals surface area (Å²) in [5.74, 6) is 0.287. The molecule has 116 valence electrons. The largest absolute Gasteiger partial charge is 0.323 e. The van der Waals surface area contributed by atoms with Crippen LogP contribution in [0.25, 0.3) is 0 Å². The molecule has 0 fully saturated rings. The van der Waals surface area contributed by atoms with Gasteiger partial charge in [-0.25, -0.2) is 4.98 Å². The summed E-state index contributed by atoms with van der Waals surface area (Å²) in [6.07, 6.45) is 2.64. The number of rotatable bonds is 5. The molecule has 22 heavy (non-hydrogen) atoms. The fraction of sp³-hybridized carbons (Fsp3) is 0.333. The van der Waals surface area contributed by atoms with Crippen LogP contribution in [0.5, 0.6) is 0 Å². The highest BCUT2D eigenvalue weighted by atomic mass is 35.5. The zero-order valence-electron chi connectivity index (χ0n) is 13.1. The fourth-order valence-electron chi connectivity index (χ4n) is 2.29. The molecule has 1 amide bonds. The molecule has 1 heterocycles. The van der Waals surface area contributed by atoms with E-state index < -0.39 is 0 Å². The Balaban J connectivity index is 2.05. The fourth-order valence-corrected chi connectivity index (χ4v) is 2.45. The molecule has 1 aromatic carbocycles. The van der Waals surface area contributed by atoms with Gasteiger partial charge in [0.05, 0.1) is 11.6 Å². The summed E-state index contributed by atoms with van der Waals surface area (Å²) in [6, 6.07) is 11.7. The minimum Gasteiger partial charge on any atom is -0.323 e. The summed E-state index contributed by atoms with van der Waals surface area (Å²) in [6.45, 7) is 6.28. The maximum Gasteiger partial charge on any atom is 0.231 e. The molecule has 0 bridgehead atoms. The van der Waals surface area contributed by atoms with Crippen molar-refractivity contribution in [2.24, 2.45) is 5.92 Å². The van der Waals surface area contributed by atoms with E-state index in [1.807, 2.05) is 19.1 Å². The average molecular weight is 317 g/mol. The lowest BCUT2D eigenvalue weighted by atomic mass is 9.96. The molecule has 0 radical (unpaired) electrons. The number of nitrogens with one attached hydrogen (secondary N) is 1. The number of benzene rings is 1. The maximum absolute atomic E-state index is 12.3. The van der Waals surface area contributed by atoms with Gasteiger partial charge in [0.1, 0.15) is 0 Å². The monoisotopic (exact) mass is 316 g/mol. The Kier molecular flexibility index (Phi) is 5.56. The molecular formula is C18H21ClN2O. The number of pyridine rings is 1.